The third-order valence-electron chi connectivity index (χ3n) is 4.67. The maximum Gasteiger partial charge on any atom is 0.134 e. The number of aromatic nitrogens is 2. The molecule has 0 unspecified atom stereocenters. The molecule has 1 aromatic heterocycles. The Hall–Kier alpha value is -0.810. The van der Waals surface area contributed by atoms with E-state index in [9.17, 15) is 0 Å². The van der Waals surface area contributed by atoms with Gasteiger partial charge in [-0.1, -0.05) is 0 Å². The van der Waals surface area contributed by atoms with E-state index in [1.54, 1.807) is 0 Å². The van der Waals surface area contributed by atoms with Gasteiger partial charge in [0.15, 0.2) is 0 Å². The number of thioether (sulfide) groups is 1. The Bertz CT molecular complexity index is 458. The summed E-state index contributed by atoms with van der Waals surface area (Å²) in [5, 5.41) is 0. The Kier molecular flexibility index (Phi) is 4.03. The highest BCUT2D eigenvalue weighted by Crippen LogP contribution is 2.40. The molecule has 21 heavy (non-hydrogen) atoms. The van der Waals surface area contributed by atoms with Crippen molar-refractivity contribution in [2.75, 3.05) is 42.7 Å². The van der Waals surface area contributed by atoms with E-state index in [4.69, 9.17) is 14.7 Å². The molecule has 0 N–H and O–H groups in total. The summed E-state index contributed by atoms with van der Waals surface area (Å²) in [7, 11) is 0. The van der Waals surface area contributed by atoms with Crippen molar-refractivity contribution < 1.29 is 4.74 Å². The highest BCUT2D eigenvalue weighted by molar-refractivity contribution is 7.99. The van der Waals surface area contributed by atoms with Crippen LogP contribution in [0.2, 0.25) is 0 Å². The maximum atomic E-state index is 5.50. The van der Waals surface area contributed by atoms with E-state index in [1.165, 1.54) is 35.9 Å². The monoisotopic (exact) mass is 305 g/mol. The molecule has 5 heteroatoms. The zero-order valence-electron chi connectivity index (χ0n) is 12.5. The predicted molar refractivity (Wildman–Crippen MR) is 86.3 cm³/mol. The van der Waals surface area contributed by atoms with Crippen LogP contribution in [0.5, 0.6) is 0 Å². The summed E-state index contributed by atoms with van der Waals surface area (Å²) in [6, 6.07) is 2.26. The number of anilines is 1. The van der Waals surface area contributed by atoms with E-state index in [0.717, 1.165) is 45.0 Å². The van der Waals surface area contributed by atoms with Crippen LogP contribution >= 0.6 is 11.8 Å². The summed E-state index contributed by atoms with van der Waals surface area (Å²) in [4.78, 5) is 12.3. The standard InChI is InChI=1S/C16H23N3OS/c1-2-13(1)16-17-14(12-3-7-20-8-4-12)11-15(18-16)19-5-9-21-10-6-19/h11-13H,1-10H2. The highest BCUT2D eigenvalue weighted by atomic mass is 32.2. The number of hydrogen-bond acceptors (Lipinski definition) is 5. The second-order valence-electron chi connectivity index (χ2n) is 6.27. The largest absolute Gasteiger partial charge is 0.381 e. The fraction of sp³-hybridized carbons (Fsp3) is 0.750. The third-order valence-corrected chi connectivity index (χ3v) is 5.61. The fourth-order valence-electron chi connectivity index (χ4n) is 3.15. The second kappa shape index (κ2) is 6.13. The molecular weight excluding hydrogens is 282 g/mol. The molecule has 0 spiro atoms. The van der Waals surface area contributed by atoms with Crippen LogP contribution in [-0.4, -0.2) is 47.8 Å². The summed E-state index contributed by atoms with van der Waals surface area (Å²) < 4.78 is 5.50. The van der Waals surface area contributed by atoms with Crippen molar-refractivity contribution in [2.24, 2.45) is 0 Å². The van der Waals surface area contributed by atoms with Crippen molar-refractivity contribution in [3.63, 3.8) is 0 Å². The molecule has 0 atom stereocenters. The molecular formula is C16H23N3OS. The van der Waals surface area contributed by atoms with E-state index >= 15 is 0 Å². The van der Waals surface area contributed by atoms with Crippen LogP contribution in [0.4, 0.5) is 5.82 Å². The third kappa shape index (κ3) is 3.19. The van der Waals surface area contributed by atoms with Crippen LogP contribution in [0.15, 0.2) is 6.07 Å². The van der Waals surface area contributed by atoms with Gasteiger partial charge in [0, 0.05) is 61.4 Å². The maximum absolute atomic E-state index is 5.50. The first-order chi connectivity index (χ1) is 10.4. The van der Waals surface area contributed by atoms with Gasteiger partial charge in [0.1, 0.15) is 11.6 Å². The molecule has 1 saturated carbocycles. The van der Waals surface area contributed by atoms with Gasteiger partial charge in [0.25, 0.3) is 0 Å². The highest BCUT2D eigenvalue weighted by Gasteiger charge is 2.29. The minimum atomic E-state index is 0.567. The topological polar surface area (TPSA) is 38.3 Å². The smallest absolute Gasteiger partial charge is 0.134 e. The van der Waals surface area contributed by atoms with Gasteiger partial charge in [-0.25, -0.2) is 9.97 Å². The molecule has 0 radical (unpaired) electrons. The predicted octanol–water partition coefficient (Wildman–Crippen LogP) is 2.80. The van der Waals surface area contributed by atoms with E-state index in [-0.39, 0.29) is 0 Å². The number of rotatable bonds is 3. The first kappa shape index (κ1) is 13.8. The summed E-state index contributed by atoms with van der Waals surface area (Å²) in [6.07, 6.45) is 4.76. The fourth-order valence-corrected chi connectivity index (χ4v) is 4.06. The van der Waals surface area contributed by atoms with Crippen molar-refractivity contribution in [3.05, 3.63) is 17.6 Å². The summed E-state index contributed by atoms with van der Waals surface area (Å²) in [5.74, 6) is 5.91. The lowest BCUT2D eigenvalue weighted by Gasteiger charge is -2.29. The van der Waals surface area contributed by atoms with E-state index < -0.39 is 0 Å². The lowest BCUT2D eigenvalue weighted by Crippen LogP contribution is -2.33. The van der Waals surface area contributed by atoms with E-state index in [0.29, 0.717) is 11.8 Å². The number of hydrogen-bond donors (Lipinski definition) is 0. The Labute approximate surface area is 130 Å². The molecule has 0 aromatic carbocycles. The lowest BCUT2D eigenvalue weighted by atomic mass is 9.96. The van der Waals surface area contributed by atoms with Crippen molar-refractivity contribution >= 4 is 17.6 Å². The molecule has 114 valence electrons. The molecule has 3 fully saturated rings. The molecule has 3 heterocycles. The molecule has 2 saturated heterocycles. The molecule has 4 rings (SSSR count). The van der Waals surface area contributed by atoms with Gasteiger partial charge >= 0.3 is 0 Å². The zero-order valence-corrected chi connectivity index (χ0v) is 13.3. The van der Waals surface area contributed by atoms with Gasteiger partial charge in [-0.15, -0.1) is 0 Å². The van der Waals surface area contributed by atoms with Gasteiger partial charge in [0.2, 0.25) is 0 Å². The van der Waals surface area contributed by atoms with E-state index in [1.807, 2.05) is 11.8 Å². The second-order valence-corrected chi connectivity index (χ2v) is 7.49. The van der Waals surface area contributed by atoms with Crippen LogP contribution in [0.3, 0.4) is 0 Å². The average Bonchev–Trinajstić information content (AvgIpc) is 3.41. The molecule has 2 aliphatic heterocycles. The first-order valence-electron chi connectivity index (χ1n) is 8.19. The van der Waals surface area contributed by atoms with Crippen molar-refractivity contribution in [3.8, 4) is 0 Å². The van der Waals surface area contributed by atoms with Gasteiger partial charge in [0.05, 0.1) is 0 Å². The Morgan fingerprint density at radius 2 is 1.76 bits per heavy atom. The van der Waals surface area contributed by atoms with E-state index in [2.05, 4.69) is 11.0 Å². The molecule has 0 bridgehead atoms. The van der Waals surface area contributed by atoms with Gasteiger partial charge < -0.3 is 9.64 Å². The Morgan fingerprint density at radius 1 is 1.00 bits per heavy atom. The van der Waals surface area contributed by atoms with Crippen molar-refractivity contribution in [1.82, 2.24) is 9.97 Å². The summed E-state index contributed by atoms with van der Waals surface area (Å²) in [5.41, 5.74) is 1.27. The molecule has 0 amide bonds. The summed E-state index contributed by atoms with van der Waals surface area (Å²) >= 11 is 2.05. The quantitative estimate of drug-likeness (QED) is 0.858. The lowest BCUT2D eigenvalue weighted by molar-refractivity contribution is 0.0844. The average molecular weight is 305 g/mol. The zero-order chi connectivity index (χ0) is 14.1. The normalized spacial score (nSPS) is 24.3. The van der Waals surface area contributed by atoms with Gasteiger partial charge in [-0.2, -0.15) is 11.8 Å². The minimum absolute atomic E-state index is 0.567. The van der Waals surface area contributed by atoms with Crippen molar-refractivity contribution in [2.45, 2.75) is 37.5 Å². The molecule has 1 aromatic rings. The Balaban J connectivity index is 1.63. The minimum Gasteiger partial charge on any atom is -0.381 e. The van der Waals surface area contributed by atoms with Crippen LogP contribution in [-0.2, 0) is 4.74 Å². The van der Waals surface area contributed by atoms with Gasteiger partial charge in [-0.3, -0.25) is 0 Å². The van der Waals surface area contributed by atoms with Crippen LogP contribution in [0.25, 0.3) is 0 Å². The molecule has 3 aliphatic rings. The van der Waals surface area contributed by atoms with Crippen LogP contribution in [0, 0.1) is 0 Å². The summed E-state index contributed by atoms with van der Waals surface area (Å²) in [6.45, 7) is 4.00. The molecule has 4 nitrogen and oxygen atoms in total. The van der Waals surface area contributed by atoms with Gasteiger partial charge in [-0.05, 0) is 25.7 Å². The first-order valence-corrected chi connectivity index (χ1v) is 9.35. The number of nitrogens with zero attached hydrogens (tertiary/aromatic N) is 3. The van der Waals surface area contributed by atoms with Crippen LogP contribution in [0.1, 0.15) is 49.0 Å². The van der Waals surface area contributed by atoms with Crippen LogP contribution < -0.4 is 4.90 Å². The number of ether oxygens (including phenoxy) is 1. The Morgan fingerprint density at radius 3 is 2.48 bits per heavy atom. The van der Waals surface area contributed by atoms with Crippen molar-refractivity contribution in [1.29, 1.82) is 0 Å². The SMILES string of the molecule is c1c(C2CCOCC2)nc(C2CC2)nc1N1CCSCC1. The molecule has 1 aliphatic carbocycles.